The van der Waals surface area contributed by atoms with Crippen LogP contribution in [0.1, 0.15) is 95.8 Å². The molecule has 3 atom stereocenters. The fourth-order valence-electron chi connectivity index (χ4n) is 10.7. The standard InChI is InChI=1S/C47H48FN9O7S/c1-27-21-36(22-28(2)41(27)48)57-42(54-17-16-53(46(54)60)34-7-5-8-35(25-34)55-14-6-20-65(55,61)62)40-30(4)52(15-11-37(40)50-57)43(58)39-24-33-23-32(31-12-18-63-19-13-31)9-10-38(33)56(39)47(26-29(47)3)44-49-45(59)64-51-44/h5,7-10,16-17,21-25,29-31H,6,11-15,18-20,26H2,1-4H3,(H,49,51,59). The van der Waals surface area contributed by atoms with Crippen LogP contribution in [0.4, 0.5) is 10.1 Å². The molecule has 7 heterocycles. The monoisotopic (exact) mass is 901 g/mol. The zero-order chi connectivity index (χ0) is 45.1. The van der Waals surface area contributed by atoms with Gasteiger partial charge < -0.3 is 14.2 Å². The Balaban J connectivity index is 1.04. The van der Waals surface area contributed by atoms with Gasteiger partial charge in [-0.1, -0.05) is 24.2 Å². The molecule has 4 aliphatic rings. The summed E-state index contributed by atoms with van der Waals surface area (Å²) in [5, 5.41) is 10.1. The Morgan fingerprint density at radius 3 is 2.35 bits per heavy atom. The smallest absolute Gasteiger partial charge is 0.381 e. The van der Waals surface area contributed by atoms with E-state index in [9.17, 15) is 18.0 Å². The lowest BCUT2D eigenvalue weighted by atomic mass is 9.91. The van der Waals surface area contributed by atoms with E-state index in [0.29, 0.717) is 108 Å². The van der Waals surface area contributed by atoms with Gasteiger partial charge in [0, 0.05) is 61.6 Å². The lowest BCUT2D eigenvalue weighted by Crippen LogP contribution is -2.41. The molecule has 0 radical (unpaired) electrons. The number of hydrogen-bond donors (Lipinski definition) is 1. The van der Waals surface area contributed by atoms with Crippen LogP contribution in [-0.4, -0.2) is 84.9 Å². The average Bonchev–Trinajstić information content (AvgIpc) is 3.92. The number of carbonyl (C=O) groups excluding carboxylic acids is 1. The number of aromatic amines is 1. The first-order valence-corrected chi connectivity index (χ1v) is 23.8. The Labute approximate surface area is 372 Å². The number of amides is 1. The first-order valence-electron chi connectivity index (χ1n) is 22.2. The van der Waals surface area contributed by atoms with Crippen molar-refractivity contribution in [2.75, 3.05) is 36.4 Å². The van der Waals surface area contributed by atoms with E-state index < -0.39 is 33.0 Å². The zero-order valence-corrected chi connectivity index (χ0v) is 37.3. The number of halogens is 1. The number of aromatic nitrogens is 7. The minimum Gasteiger partial charge on any atom is -0.381 e. The van der Waals surface area contributed by atoms with Crippen LogP contribution in [0.5, 0.6) is 0 Å². The van der Waals surface area contributed by atoms with Crippen molar-refractivity contribution in [1.29, 1.82) is 0 Å². The number of carbonyl (C=O) groups is 1. The molecular weight excluding hydrogens is 854 g/mol. The van der Waals surface area contributed by atoms with Gasteiger partial charge in [0.2, 0.25) is 10.0 Å². The van der Waals surface area contributed by atoms with Crippen molar-refractivity contribution in [2.24, 2.45) is 5.92 Å². The molecule has 2 saturated heterocycles. The maximum absolute atomic E-state index is 15.5. The van der Waals surface area contributed by atoms with Crippen LogP contribution in [0.3, 0.4) is 0 Å². The quantitative estimate of drug-likeness (QED) is 0.187. The molecule has 336 valence electrons. The van der Waals surface area contributed by atoms with E-state index in [2.05, 4.69) is 35.3 Å². The van der Waals surface area contributed by atoms with Gasteiger partial charge >= 0.3 is 11.4 Å². The van der Waals surface area contributed by atoms with Crippen LogP contribution in [0, 0.1) is 25.6 Å². The molecule has 16 nitrogen and oxygen atoms in total. The van der Waals surface area contributed by atoms with Crippen LogP contribution >= 0.6 is 0 Å². The first kappa shape index (κ1) is 41.2. The van der Waals surface area contributed by atoms with Crippen molar-refractivity contribution >= 4 is 32.5 Å². The van der Waals surface area contributed by atoms with E-state index in [4.69, 9.17) is 14.4 Å². The van der Waals surface area contributed by atoms with Crippen LogP contribution in [0.15, 0.2) is 87.2 Å². The number of imidazole rings is 1. The molecule has 1 saturated carbocycles. The predicted octanol–water partition coefficient (Wildman–Crippen LogP) is 6.18. The maximum atomic E-state index is 15.5. The molecule has 1 N–H and O–H groups in total. The molecule has 11 rings (SSSR count). The number of aryl methyl sites for hydroxylation is 2. The molecule has 3 fully saturated rings. The van der Waals surface area contributed by atoms with Gasteiger partial charge in [0.25, 0.3) is 5.91 Å². The minimum absolute atomic E-state index is 0.00904. The van der Waals surface area contributed by atoms with Gasteiger partial charge in [-0.25, -0.2) is 27.1 Å². The van der Waals surface area contributed by atoms with Crippen molar-refractivity contribution < 1.29 is 26.9 Å². The fraction of sp³-hybridized carbons (Fsp3) is 0.383. The van der Waals surface area contributed by atoms with Gasteiger partial charge in [0.15, 0.2) is 5.82 Å². The molecule has 1 aliphatic carbocycles. The van der Waals surface area contributed by atoms with Gasteiger partial charge in [0.05, 0.1) is 34.6 Å². The van der Waals surface area contributed by atoms with Gasteiger partial charge in [0.1, 0.15) is 22.9 Å². The summed E-state index contributed by atoms with van der Waals surface area (Å²) in [6.07, 6.45) is 6.56. The van der Waals surface area contributed by atoms with Gasteiger partial charge in [-0.3, -0.25) is 27.7 Å². The highest BCUT2D eigenvalue weighted by Gasteiger charge is 2.59. The van der Waals surface area contributed by atoms with Gasteiger partial charge in [-0.2, -0.15) is 5.10 Å². The lowest BCUT2D eigenvalue weighted by Gasteiger charge is -2.34. The van der Waals surface area contributed by atoms with Crippen molar-refractivity contribution in [3.63, 3.8) is 0 Å². The minimum atomic E-state index is -3.47. The van der Waals surface area contributed by atoms with Gasteiger partial charge in [-0.05, 0) is 124 Å². The highest BCUT2D eigenvalue weighted by atomic mass is 32.2. The molecule has 7 aromatic rings. The van der Waals surface area contributed by atoms with Crippen molar-refractivity contribution in [3.05, 3.63) is 139 Å². The normalized spacial score (nSPS) is 21.9. The summed E-state index contributed by atoms with van der Waals surface area (Å²) in [6, 6.07) is 17.9. The molecule has 65 heavy (non-hydrogen) atoms. The lowest BCUT2D eigenvalue weighted by molar-refractivity contribution is 0.0663. The van der Waals surface area contributed by atoms with Crippen molar-refractivity contribution in [1.82, 2.24) is 38.5 Å². The number of anilines is 1. The number of benzene rings is 3. The third-order valence-corrected chi connectivity index (χ3v) is 16.0. The van der Waals surface area contributed by atoms with Crippen molar-refractivity contribution in [2.45, 2.75) is 77.3 Å². The van der Waals surface area contributed by atoms with E-state index >= 15 is 9.18 Å². The maximum Gasteiger partial charge on any atom is 0.438 e. The number of hydrogen-bond acceptors (Lipinski definition) is 9. The largest absolute Gasteiger partial charge is 0.438 e. The van der Waals surface area contributed by atoms with Gasteiger partial charge in [-0.15, -0.1) is 0 Å². The van der Waals surface area contributed by atoms with E-state index in [1.54, 1.807) is 72.2 Å². The Kier molecular flexibility index (Phi) is 9.52. The summed E-state index contributed by atoms with van der Waals surface area (Å²) in [7, 11) is -3.47. The topological polar surface area (TPSA) is 175 Å². The van der Waals surface area contributed by atoms with Crippen LogP contribution in [-0.2, 0) is 26.7 Å². The summed E-state index contributed by atoms with van der Waals surface area (Å²) < 4.78 is 59.5. The number of nitrogens with one attached hydrogen (secondary N) is 1. The molecule has 18 heteroatoms. The molecule has 4 aromatic heterocycles. The number of H-pyrrole nitrogens is 1. The molecule has 3 unspecified atom stereocenters. The van der Waals surface area contributed by atoms with Crippen LogP contribution in [0.25, 0.3) is 28.1 Å². The second kappa shape index (κ2) is 15.0. The number of nitrogens with zero attached hydrogens (tertiary/aromatic N) is 8. The second-order valence-electron chi connectivity index (χ2n) is 18.0. The highest BCUT2D eigenvalue weighted by Crippen LogP contribution is 2.56. The number of rotatable bonds is 8. The summed E-state index contributed by atoms with van der Waals surface area (Å²) in [5.41, 5.74) is 4.78. The highest BCUT2D eigenvalue weighted by molar-refractivity contribution is 7.93. The SMILES string of the molecule is Cc1cc(-n2nc3c(c2-n2ccn(-c4cccc(N5CCCS5(=O)=O)c4)c2=O)C(C)N(C(=O)c2cc4cc(C5CCOCC5)ccc4n2C2(c4noc(=O)[nH]4)CC2C)CC3)cc(C)c1F. The number of sulfonamides is 1. The average molecular weight is 902 g/mol. The van der Waals surface area contributed by atoms with E-state index in [1.807, 2.05) is 17.6 Å². The summed E-state index contributed by atoms with van der Waals surface area (Å²) in [5.74, 6) is -0.117. The molecule has 3 aromatic carbocycles. The molecule has 0 bridgehead atoms. The second-order valence-corrected chi connectivity index (χ2v) is 20.1. The fourth-order valence-corrected chi connectivity index (χ4v) is 12.2. The molecule has 0 spiro atoms. The number of fused-ring (bicyclic) bond motifs is 2. The summed E-state index contributed by atoms with van der Waals surface area (Å²) >= 11 is 0. The zero-order valence-electron chi connectivity index (χ0n) is 36.5. The van der Waals surface area contributed by atoms with E-state index in [0.717, 1.165) is 23.7 Å². The van der Waals surface area contributed by atoms with Crippen molar-refractivity contribution in [3.8, 4) is 17.2 Å². The Morgan fingerprint density at radius 1 is 0.923 bits per heavy atom. The first-order chi connectivity index (χ1) is 31.2. The predicted molar refractivity (Wildman–Crippen MR) is 240 cm³/mol. The third-order valence-electron chi connectivity index (χ3n) is 14.1. The van der Waals surface area contributed by atoms with Crippen LogP contribution in [0.2, 0.25) is 0 Å². The summed E-state index contributed by atoms with van der Waals surface area (Å²) in [6.45, 7) is 9.40. The number of ether oxygens (including phenoxy) is 1. The van der Waals surface area contributed by atoms with E-state index in [1.165, 1.54) is 19.0 Å². The molecule has 3 aliphatic heterocycles. The Hall–Kier alpha value is -6.53. The Bertz CT molecular complexity index is 3290. The molecular formula is C47H48FN9O7S. The van der Waals surface area contributed by atoms with Crippen LogP contribution < -0.4 is 15.8 Å². The third kappa shape index (κ3) is 6.46. The Morgan fingerprint density at radius 2 is 1.66 bits per heavy atom. The summed E-state index contributed by atoms with van der Waals surface area (Å²) in [4.78, 5) is 47.3. The van der Waals surface area contributed by atoms with E-state index in [-0.39, 0.29) is 23.4 Å². The molecule has 1 amide bonds.